The smallest absolute Gasteiger partial charge is 0.320 e. The molecule has 0 atom stereocenters. The number of carbonyl (C=O) groups is 1. The van der Waals surface area contributed by atoms with Crippen LogP contribution in [0.2, 0.25) is 0 Å². The number of nitrogens with zero attached hydrogens (tertiary/aromatic N) is 2. The first-order chi connectivity index (χ1) is 9.74. The Bertz CT molecular complexity index is 471. The second kappa shape index (κ2) is 6.14. The molecule has 0 aliphatic carbocycles. The van der Waals surface area contributed by atoms with Crippen LogP contribution in [0.4, 0.5) is 4.79 Å². The van der Waals surface area contributed by atoms with Gasteiger partial charge >= 0.3 is 6.03 Å². The maximum Gasteiger partial charge on any atom is 0.320 e. The van der Waals surface area contributed by atoms with Crippen molar-refractivity contribution in [2.45, 2.75) is 25.4 Å². The standard InChI is InChI=1S/C15H20BrN3O/c16-13-3-1-12(2-4-13)11-18-9-10-19(15(18)20)14-5-7-17-8-6-14/h1-4,14,17H,5-11H2. The van der Waals surface area contributed by atoms with Crippen LogP contribution in [-0.2, 0) is 6.54 Å². The molecule has 2 fully saturated rings. The normalized spacial score (nSPS) is 20.8. The van der Waals surface area contributed by atoms with Gasteiger partial charge in [-0.3, -0.25) is 0 Å². The molecule has 108 valence electrons. The first-order valence-electron chi connectivity index (χ1n) is 7.25. The highest BCUT2D eigenvalue weighted by Crippen LogP contribution is 2.21. The maximum atomic E-state index is 12.5. The van der Waals surface area contributed by atoms with E-state index in [1.165, 1.54) is 5.56 Å². The summed E-state index contributed by atoms with van der Waals surface area (Å²) in [6.45, 7) is 4.49. The lowest BCUT2D eigenvalue weighted by Crippen LogP contribution is -2.45. The lowest BCUT2D eigenvalue weighted by atomic mass is 10.1. The molecule has 4 nitrogen and oxygen atoms in total. The average Bonchev–Trinajstić information content (AvgIpc) is 2.84. The quantitative estimate of drug-likeness (QED) is 0.919. The van der Waals surface area contributed by atoms with Crippen molar-refractivity contribution in [2.24, 2.45) is 0 Å². The number of urea groups is 1. The molecule has 2 aliphatic heterocycles. The molecule has 0 saturated carbocycles. The number of nitrogens with one attached hydrogen (secondary N) is 1. The number of rotatable bonds is 3. The molecule has 2 amide bonds. The summed E-state index contributed by atoms with van der Waals surface area (Å²) in [5.74, 6) is 0. The molecule has 0 unspecified atom stereocenters. The molecule has 1 aromatic carbocycles. The van der Waals surface area contributed by atoms with E-state index in [-0.39, 0.29) is 6.03 Å². The molecular formula is C15H20BrN3O. The predicted molar refractivity (Wildman–Crippen MR) is 82.5 cm³/mol. The zero-order valence-corrected chi connectivity index (χ0v) is 13.1. The van der Waals surface area contributed by atoms with Crippen LogP contribution in [-0.4, -0.2) is 48.1 Å². The highest BCUT2D eigenvalue weighted by atomic mass is 79.9. The third-order valence-corrected chi connectivity index (χ3v) is 4.69. The van der Waals surface area contributed by atoms with Crippen LogP contribution >= 0.6 is 15.9 Å². The van der Waals surface area contributed by atoms with Crippen molar-refractivity contribution < 1.29 is 4.79 Å². The van der Waals surface area contributed by atoms with Crippen molar-refractivity contribution >= 4 is 22.0 Å². The van der Waals surface area contributed by atoms with E-state index >= 15 is 0 Å². The Hall–Kier alpha value is -1.07. The first-order valence-corrected chi connectivity index (χ1v) is 8.04. The summed E-state index contributed by atoms with van der Waals surface area (Å²) >= 11 is 3.44. The van der Waals surface area contributed by atoms with Gasteiger partial charge in [-0.05, 0) is 43.6 Å². The molecular weight excluding hydrogens is 318 g/mol. The second-order valence-electron chi connectivity index (χ2n) is 5.51. The molecule has 1 N–H and O–H groups in total. The van der Waals surface area contributed by atoms with E-state index in [1.54, 1.807) is 0 Å². The fourth-order valence-electron chi connectivity index (χ4n) is 3.02. The molecule has 0 bridgehead atoms. The van der Waals surface area contributed by atoms with Gasteiger partial charge in [0.2, 0.25) is 0 Å². The van der Waals surface area contributed by atoms with Crippen molar-refractivity contribution in [3.8, 4) is 0 Å². The van der Waals surface area contributed by atoms with Gasteiger partial charge in [0.25, 0.3) is 0 Å². The van der Waals surface area contributed by atoms with E-state index in [0.717, 1.165) is 43.5 Å². The number of hydrogen-bond acceptors (Lipinski definition) is 2. The molecule has 3 rings (SSSR count). The van der Waals surface area contributed by atoms with Crippen molar-refractivity contribution in [1.82, 2.24) is 15.1 Å². The molecule has 0 aromatic heterocycles. The number of amides is 2. The number of carbonyl (C=O) groups excluding carboxylic acids is 1. The number of hydrogen-bond donors (Lipinski definition) is 1. The zero-order valence-electron chi connectivity index (χ0n) is 11.5. The fourth-order valence-corrected chi connectivity index (χ4v) is 3.28. The number of halogens is 1. The van der Waals surface area contributed by atoms with Crippen LogP contribution in [0.15, 0.2) is 28.7 Å². The largest absolute Gasteiger partial charge is 0.320 e. The van der Waals surface area contributed by atoms with Gasteiger partial charge in [0.1, 0.15) is 0 Å². The lowest BCUT2D eigenvalue weighted by molar-refractivity contribution is 0.165. The van der Waals surface area contributed by atoms with Gasteiger partial charge in [0, 0.05) is 30.1 Å². The van der Waals surface area contributed by atoms with Crippen LogP contribution < -0.4 is 5.32 Å². The lowest BCUT2D eigenvalue weighted by Gasteiger charge is -2.31. The number of piperidine rings is 1. The average molecular weight is 338 g/mol. The molecule has 5 heteroatoms. The van der Waals surface area contributed by atoms with Crippen molar-refractivity contribution in [3.63, 3.8) is 0 Å². The van der Waals surface area contributed by atoms with Crippen LogP contribution in [0.1, 0.15) is 18.4 Å². The minimum Gasteiger partial charge on any atom is -0.320 e. The fraction of sp³-hybridized carbons (Fsp3) is 0.533. The van der Waals surface area contributed by atoms with Crippen LogP contribution in [0.25, 0.3) is 0 Å². The van der Waals surface area contributed by atoms with E-state index in [2.05, 4.69) is 38.3 Å². The van der Waals surface area contributed by atoms with E-state index in [4.69, 9.17) is 0 Å². The number of benzene rings is 1. The highest BCUT2D eigenvalue weighted by Gasteiger charge is 2.33. The first kappa shape index (κ1) is 13.9. The Morgan fingerprint density at radius 2 is 1.85 bits per heavy atom. The van der Waals surface area contributed by atoms with Gasteiger partial charge in [-0.25, -0.2) is 4.79 Å². The summed E-state index contributed by atoms with van der Waals surface area (Å²) in [5.41, 5.74) is 1.19. The second-order valence-corrected chi connectivity index (χ2v) is 6.42. The highest BCUT2D eigenvalue weighted by molar-refractivity contribution is 9.10. The Kier molecular flexibility index (Phi) is 4.27. The molecule has 0 spiro atoms. The van der Waals surface area contributed by atoms with Crippen LogP contribution in [0.3, 0.4) is 0 Å². The molecule has 2 heterocycles. The Morgan fingerprint density at radius 3 is 2.55 bits per heavy atom. The summed E-state index contributed by atoms with van der Waals surface area (Å²) in [5, 5.41) is 3.35. The minimum atomic E-state index is 0.208. The Balaban J connectivity index is 1.61. The minimum absolute atomic E-state index is 0.208. The van der Waals surface area contributed by atoms with E-state index in [1.807, 2.05) is 17.0 Å². The van der Waals surface area contributed by atoms with Gasteiger partial charge in [-0.1, -0.05) is 28.1 Å². The van der Waals surface area contributed by atoms with E-state index in [0.29, 0.717) is 12.6 Å². The summed E-state index contributed by atoms with van der Waals surface area (Å²) in [7, 11) is 0. The van der Waals surface area contributed by atoms with Gasteiger partial charge in [-0.2, -0.15) is 0 Å². The molecule has 20 heavy (non-hydrogen) atoms. The van der Waals surface area contributed by atoms with Crippen molar-refractivity contribution in [3.05, 3.63) is 34.3 Å². The summed E-state index contributed by atoms with van der Waals surface area (Å²) in [6, 6.07) is 8.84. The predicted octanol–water partition coefficient (Wildman–Crippen LogP) is 2.44. The van der Waals surface area contributed by atoms with Gasteiger partial charge < -0.3 is 15.1 Å². The van der Waals surface area contributed by atoms with Gasteiger partial charge in [-0.15, -0.1) is 0 Å². The molecule has 2 saturated heterocycles. The third kappa shape index (κ3) is 2.99. The van der Waals surface area contributed by atoms with Crippen molar-refractivity contribution in [1.29, 1.82) is 0 Å². The summed E-state index contributed by atoms with van der Waals surface area (Å²) in [6.07, 6.45) is 2.16. The van der Waals surface area contributed by atoms with E-state index in [9.17, 15) is 4.79 Å². The molecule has 1 aromatic rings. The SMILES string of the molecule is O=C1N(Cc2ccc(Br)cc2)CCN1C1CCNCC1. The summed E-state index contributed by atoms with van der Waals surface area (Å²) < 4.78 is 1.07. The van der Waals surface area contributed by atoms with E-state index < -0.39 is 0 Å². The third-order valence-electron chi connectivity index (χ3n) is 4.16. The topological polar surface area (TPSA) is 35.6 Å². The van der Waals surface area contributed by atoms with Crippen LogP contribution in [0.5, 0.6) is 0 Å². The summed E-state index contributed by atoms with van der Waals surface area (Å²) in [4.78, 5) is 16.5. The van der Waals surface area contributed by atoms with Crippen LogP contribution in [0, 0.1) is 0 Å². The Labute approximate surface area is 128 Å². The molecule has 0 radical (unpaired) electrons. The van der Waals surface area contributed by atoms with Crippen molar-refractivity contribution in [2.75, 3.05) is 26.2 Å². The zero-order chi connectivity index (χ0) is 13.9. The Morgan fingerprint density at radius 1 is 1.15 bits per heavy atom. The monoisotopic (exact) mass is 337 g/mol. The molecule has 2 aliphatic rings. The van der Waals surface area contributed by atoms with Gasteiger partial charge in [0.15, 0.2) is 0 Å². The maximum absolute atomic E-state index is 12.5. The van der Waals surface area contributed by atoms with Gasteiger partial charge in [0.05, 0.1) is 0 Å².